The van der Waals surface area contributed by atoms with Crippen molar-refractivity contribution in [3.63, 3.8) is 0 Å². The van der Waals surface area contributed by atoms with E-state index in [1.165, 1.54) is 13.2 Å². The third kappa shape index (κ3) is 10.2. The minimum atomic E-state index is -1.35. The standard InChI is InChI=1S/C28H36FN3O9/c1-16(2)40-24-15-18(9-11-23(24)38-6)13-21(26(34)39-7)30-25(33)20(31-27(35)41-28(3,4)5)12-17-8-10-19(29)22(14-17)32(36)37/h8-11,14-16,20-21H,12-13H2,1-7H3,(H,30,33)(H,31,35)/t20-,21-/m0/s1. The molecule has 0 aromatic heterocycles. The summed E-state index contributed by atoms with van der Waals surface area (Å²) in [4.78, 5) is 48.9. The number of nitrogens with zero attached hydrogens (tertiary/aromatic N) is 1. The summed E-state index contributed by atoms with van der Waals surface area (Å²) in [5.41, 5.74) is -0.874. The molecule has 2 amide bonds. The Bertz CT molecular complexity index is 1260. The van der Waals surface area contributed by atoms with E-state index < -0.39 is 52.1 Å². The lowest BCUT2D eigenvalue weighted by atomic mass is 10.0. The zero-order valence-electron chi connectivity index (χ0n) is 24.1. The first-order valence-electron chi connectivity index (χ1n) is 12.8. The number of nitro groups is 1. The molecule has 0 radical (unpaired) electrons. The van der Waals surface area contributed by atoms with Gasteiger partial charge < -0.3 is 29.6 Å². The zero-order valence-corrected chi connectivity index (χ0v) is 24.1. The summed E-state index contributed by atoms with van der Waals surface area (Å²) >= 11 is 0. The molecule has 0 aliphatic rings. The van der Waals surface area contributed by atoms with Crippen LogP contribution in [0.4, 0.5) is 14.9 Å². The number of halogens is 1. The molecular weight excluding hydrogens is 541 g/mol. The molecule has 2 aromatic rings. The Hall–Kier alpha value is -4.42. The Labute approximate surface area is 237 Å². The molecule has 0 unspecified atom stereocenters. The molecule has 0 fully saturated rings. The molecule has 0 spiro atoms. The van der Waals surface area contributed by atoms with E-state index in [9.17, 15) is 28.9 Å². The normalized spacial score (nSPS) is 12.6. The number of carbonyl (C=O) groups is 3. The fourth-order valence-electron chi connectivity index (χ4n) is 3.76. The van der Waals surface area contributed by atoms with Gasteiger partial charge in [0.25, 0.3) is 0 Å². The van der Waals surface area contributed by atoms with Gasteiger partial charge in [-0.15, -0.1) is 0 Å². The van der Waals surface area contributed by atoms with Gasteiger partial charge in [-0.1, -0.05) is 12.1 Å². The van der Waals surface area contributed by atoms with Crippen molar-refractivity contribution in [1.29, 1.82) is 0 Å². The van der Waals surface area contributed by atoms with Crippen LogP contribution in [0.1, 0.15) is 45.7 Å². The van der Waals surface area contributed by atoms with Crippen LogP contribution in [0.2, 0.25) is 0 Å². The van der Waals surface area contributed by atoms with Crippen molar-refractivity contribution in [2.24, 2.45) is 0 Å². The monoisotopic (exact) mass is 577 g/mol. The number of rotatable bonds is 12. The maximum Gasteiger partial charge on any atom is 0.408 e. The highest BCUT2D eigenvalue weighted by Crippen LogP contribution is 2.29. The second-order valence-corrected chi connectivity index (χ2v) is 10.4. The molecule has 12 nitrogen and oxygen atoms in total. The van der Waals surface area contributed by atoms with E-state index in [4.69, 9.17) is 18.9 Å². The predicted molar refractivity (Wildman–Crippen MR) is 146 cm³/mol. The third-order valence-corrected chi connectivity index (χ3v) is 5.49. The van der Waals surface area contributed by atoms with Gasteiger partial charge in [-0.25, -0.2) is 9.59 Å². The van der Waals surface area contributed by atoms with Crippen LogP contribution in [0, 0.1) is 15.9 Å². The van der Waals surface area contributed by atoms with E-state index in [0.717, 1.165) is 19.2 Å². The number of hydrogen-bond donors (Lipinski definition) is 2. The first-order valence-corrected chi connectivity index (χ1v) is 12.8. The number of esters is 1. The summed E-state index contributed by atoms with van der Waals surface area (Å²) < 4.78 is 35.1. The van der Waals surface area contributed by atoms with Crippen molar-refractivity contribution in [1.82, 2.24) is 10.6 Å². The number of nitro benzene ring substituents is 1. The molecule has 2 N–H and O–H groups in total. The van der Waals surface area contributed by atoms with E-state index in [0.29, 0.717) is 17.1 Å². The highest BCUT2D eigenvalue weighted by Gasteiger charge is 2.30. The summed E-state index contributed by atoms with van der Waals surface area (Å²) in [6, 6.07) is 5.63. The number of methoxy groups -OCH3 is 2. The van der Waals surface area contributed by atoms with E-state index in [2.05, 4.69) is 10.6 Å². The number of alkyl carbamates (subject to hydrolysis) is 1. The number of amides is 2. The molecule has 0 aliphatic heterocycles. The number of nitrogens with one attached hydrogen (secondary N) is 2. The molecule has 2 atom stereocenters. The van der Waals surface area contributed by atoms with Crippen molar-refractivity contribution in [3.8, 4) is 11.5 Å². The van der Waals surface area contributed by atoms with Crippen molar-refractivity contribution < 1.29 is 42.6 Å². The largest absolute Gasteiger partial charge is 0.493 e. The lowest BCUT2D eigenvalue weighted by molar-refractivity contribution is -0.387. The minimum Gasteiger partial charge on any atom is -0.493 e. The van der Waals surface area contributed by atoms with Crippen LogP contribution in [0.15, 0.2) is 36.4 Å². The number of carbonyl (C=O) groups excluding carboxylic acids is 3. The first-order chi connectivity index (χ1) is 19.1. The van der Waals surface area contributed by atoms with Crippen molar-refractivity contribution in [2.75, 3.05) is 14.2 Å². The molecule has 224 valence electrons. The Morgan fingerprint density at radius 2 is 1.56 bits per heavy atom. The van der Waals surface area contributed by atoms with Crippen LogP contribution in [-0.4, -0.2) is 60.9 Å². The Morgan fingerprint density at radius 1 is 0.951 bits per heavy atom. The van der Waals surface area contributed by atoms with Gasteiger partial charge in [0.05, 0.1) is 25.2 Å². The molecule has 0 bridgehead atoms. The van der Waals surface area contributed by atoms with Crippen LogP contribution < -0.4 is 20.1 Å². The Kier molecular flexibility index (Phi) is 11.4. The van der Waals surface area contributed by atoms with Crippen LogP contribution in [0.25, 0.3) is 0 Å². The Morgan fingerprint density at radius 3 is 2.12 bits per heavy atom. The number of hydrogen-bond acceptors (Lipinski definition) is 9. The van der Waals surface area contributed by atoms with E-state index in [1.54, 1.807) is 39.0 Å². The second-order valence-electron chi connectivity index (χ2n) is 10.4. The van der Waals surface area contributed by atoms with Gasteiger partial charge in [-0.3, -0.25) is 14.9 Å². The van der Waals surface area contributed by atoms with Crippen molar-refractivity contribution in [2.45, 2.75) is 71.2 Å². The lowest BCUT2D eigenvalue weighted by Gasteiger charge is -2.25. The van der Waals surface area contributed by atoms with E-state index >= 15 is 0 Å². The number of ether oxygens (including phenoxy) is 4. The molecule has 0 saturated heterocycles. The van der Waals surface area contributed by atoms with E-state index in [-0.39, 0.29) is 24.5 Å². The molecule has 41 heavy (non-hydrogen) atoms. The highest BCUT2D eigenvalue weighted by molar-refractivity contribution is 5.90. The molecule has 0 aliphatic carbocycles. The molecule has 0 saturated carbocycles. The SMILES string of the molecule is COC(=O)[C@H](Cc1ccc(OC)c(OC(C)C)c1)NC(=O)[C@H](Cc1ccc(F)c([N+](=O)[O-])c1)NC(=O)OC(C)(C)C. The smallest absolute Gasteiger partial charge is 0.408 e. The maximum absolute atomic E-state index is 13.9. The van der Waals surface area contributed by atoms with E-state index in [1.807, 2.05) is 13.8 Å². The number of benzene rings is 2. The fraction of sp³-hybridized carbons (Fsp3) is 0.464. The van der Waals surface area contributed by atoms with Crippen molar-refractivity contribution in [3.05, 3.63) is 63.5 Å². The summed E-state index contributed by atoms with van der Waals surface area (Å²) in [6.07, 6.45) is -1.36. The van der Waals surface area contributed by atoms with Gasteiger partial charge in [0.1, 0.15) is 17.7 Å². The summed E-state index contributed by atoms with van der Waals surface area (Å²) in [5.74, 6) is -1.68. The van der Waals surface area contributed by atoms with Gasteiger partial charge >= 0.3 is 17.7 Å². The average molecular weight is 578 g/mol. The predicted octanol–water partition coefficient (Wildman–Crippen LogP) is 3.87. The summed E-state index contributed by atoms with van der Waals surface area (Å²) in [5, 5.41) is 16.2. The fourth-order valence-corrected chi connectivity index (χ4v) is 3.76. The van der Waals surface area contributed by atoms with Gasteiger partial charge in [-0.2, -0.15) is 4.39 Å². The van der Waals surface area contributed by atoms with Gasteiger partial charge in [0, 0.05) is 18.9 Å². The Balaban J connectivity index is 2.36. The van der Waals surface area contributed by atoms with Gasteiger partial charge in [-0.05, 0) is 63.9 Å². The molecule has 13 heteroatoms. The molecule has 2 rings (SSSR count). The van der Waals surface area contributed by atoms with Crippen LogP contribution in [0.3, 0.4) is 0 Å². The molecule has 2 aromatic carbocycles. The quantitative estimate of drug-likeness (QED) is 0.217. The lowest BCUT2D eigenvalue weighted by Crippen LogP contribution is -2.53. The molecule has 0 heterocycles. The van der Waals surface area contributed by atoms with Gasteiger partial charge in [0.2, 0.25) is 11.7 Å². The zero-order chi connectivity index (χ0) is 30.9. The second kappa shape index (κ2) is 14.3. The average Bonchev–Trinajstić information content (AvgIpc) is 2.87. The first kappa shape index (κ1) is 32.8. The molecular formula is C28H36FN3O9. The summed E-state index contributed by atoms with van der Waals surface area (Å²) in [7, 11) is 2.66. The summed E-state index contributed by atoms with van der Waals surface area (Å²) in [6.45, 7) is 8.58. The maximum atomic E-state index is 13.9. The minimum absolute atomic E-state index is 0.00194. The van der Waals surface area contributed by atoms with Crippen LogP contribution in [0.5, 0.6) is 11.5 Å². The van der Waals surface area contributed by atoms with Gasteiger partial charge in [0.15, 0.2) is 11.5 Å². The highest BCUT2D eigenvalue weighted by atomic mass is 19.1. The third-order valence-electron chi connectivity index (χ3n) is 5.49. The van der Waals surface area contributed by atoms with Crippen LogP contribution in [-0.2, 0) is 31.9 Å². The van der Waals surface area contributed by atoms with Crippen LogP contribution >= 0.6 is 0 Å². The topological polar surface area (TPSA) is 155 Å². The van der Waals surface area contributed by atoms with Crippen molar-refractivity contribution >= 4 is 23.7 Å².